The monoisotopic (exact) mass is 359 g/mol. The van der Waals surface area contributed by atoms with Gasteiger partial charge < -0.3 is 14.5 Å². The number of carbonyl (C=O) groups excluding carboxylic acids is 1. The zero-order valence-corrected chi connectivity index (χ0v) is 14.6. The van der Waals surface area contributed by atoms with Crippen molar-refractivity contribution in [3.63, 3.8) is 0 Å². The van der Waals surface area contributed by atoms with Crippen LogP contribution < -0.4 is 10.1 Å². The molecule has 134 valence electrons. The first-order valence-electron chi connectivity index (χ1n) is 8.52. The summed E-state index contributed by atoms with van der Waals surface area (Å²) in [4.78, 5) is 20.9. The molecule has 2 aromatic heterocycles. The molecule has 0 fully saturated rings. The van der Waals surface area contributed by atoms with E-state index in [9.17, 15) is 4.79 Å². The molecule has 0 spiro atoms. The Morgan fingerprint density at radius 1 is 1.07 bits per heavy atom. The lowest BCUT2D eigenvalue weighted by molar-refractivity contribution is -0.122. The molecule has 0 bridgehead atoms. The molecule has 0 saturated heterocycles. The number of oxazole rings is 1. The summed E-state index contributed by atoms with van der Waals surface area (Å²) < 4.78 is 11.4. The molecule has 0 saturated carbocycles. The highest BCUT2D eigenvalue weighted by Gasteiger charge is 2.16. The number of benzene rings is 2. The van der Waals surface area contributed by atoms with Crippen molar-refractivity contribution in [2.45, 2.75) is 13.0 Å². The Morgan fingerprint density at radius 3 is 2.63 bits per heavy atom. The van der Waals surface area contributed by atoms with Crippen molar-refractivity contribution < 1.29 is 13.9 Å². The molecule has 4 rings (SSSR count). The molecule has 1 unspecified atom stereocenters. The van der Waals surface area contributed by atoms with Crippen LogP contribution in [0.25, 0.3) is 22.6 Å². The second-order valence-electron chi connectivity index (χ2n) is 6.00. The Balaban J connectivity index is 1.49. The summed E-state index contributed by atoms with van der Waals surface area (Å²) in [6, 6.07) is 18.2. The summed E-state index contributed by atoms with van der Waals surface area (Å²) in [5, 5.41) is 2.85. The van der Waals surface area contributed by atoms with Gasteiger partial charge in [0.1, 0.15) is 11.3 Å². The Kier molecular flexibility index (Phi) is 4.53. The summed E-state index contributed by atoms with van der Waals surface area (Å²) in [7, 11) is 0. The summed E-state index contributed by atoms with van der Waals surface area (Å²) in [5.74, 6) is 0.918. The fourth-order valence-electron chi connectivity index (χ4n) is 2.62. The maximum Gasteiger partial charge on any atom is 0.265 e. The molecule has 2 heterocycles. The van der Waals surface area contributed by atoms with Crippen molar-refractivity contribution in [2.75, 3.05) is 5.32 Å². The summed E-state index contributed by atoms with van der Waals surface area (Å²) in [5.41, 5.74) is 2.78. The van der Waals surface area contributed by atoms with E-state index >= 15 is 0 Å². The van der Waals surface area contributed by atoms with E-state index < -0.39 is 6.10 Å². The molecule has 27 heavy (non-hydrogen) atoms. The number of hydrogen-bond donors (Lipinski definition) is 1. The largest absolute Gasteiger partial charge is 0.481 e. The molecule has 6 heteroatoms. The van der Waals surface area contributed by atoms with E-state index in [2.05, 4.69) is 15.3 Å². The number of hydrogen-bond acceptors (Lipinski definition) is 5. The first kappa shape index (κ1) is 16.8. The molecule has 0 aliphatic rings. The van der Waals surface area contributed by atoms with Crippen LogP contribution >= 0.6 is 0 Å². The predicted octanol–water partition coefficient (Wildman–Crippen LogP) is 4.30. The zero-order chi connectivity index (χ0) is 18.6. The van der Waals surface area contributed by atoms with Crippen molar-refractivity contribution >= 4 is 22.7 Å². The molecule has 0 aliphatic heterocycles. The number of carbonyl (C=O) groups is 1. The normalized spacial score (nSPS) is 11.9. The smallest absolute Gasteiger partial charge is 0.265 e. The van der Waals surface area contributed by atoms with Crippen LogP contribution in [0.2, 0.25) is 0 Å². The van der Waals surface area contributed by atoms with E-state index in [1.165, 1.54) is 0 Å². The van der Waals surface area contributed by atoms with Crippen LogP contribution in [-0.2, 0) is 4.79 Å². The lowest BCUT2D eigenvalue weighted by atomic mass is 10.2. The second-order valence-corrected chi connectivity index (χ2v) is 6.00. The molecule has 1 N–H and O–H groups in total. The summed E-state index contributed by atoms with van der Waals surface area (Å²) >= 11 is 0. The van der Waals surface area contributed by atoms with Gasteiger partial charge in [0.2, 0.25) is 5.89 Å². The Bertz CT molecular complexity index is 1060. The average Bonchev–Trinajstić information content (AvgIpc) is 3.13. The molecule has 6 nitrogen and oxygen atoms in total. The van der Waals surface area contributed by atoms with Crippen molar-refractivity contribution in [1.29, 1.82) is 0 Å². The Morgan fingerprint density at radius 2 is 1.85 bits per heavy atom. The minimum Gasteiger partial charge on any atom is -0.481 e. The van der Waals surface area contributed by atoms with Gasteiger partial charge in [0, 0.05) is 23.6 Å². The van der Waals surface area contributed by atoms with Crippen LogP contribution in [0.3, 0.4) is 0 Å². The SMILES string of the molecule is CC(Oc1ccccc1)C(=O)Nc1ccc2oc(-c3ccncc3)nc2c1. The van der Waals surface area contributed by atoms with Crippen molar-refractivity contribution in [3.05, 3.63) is 73.1 Å². The van der Waals surface area contributed by atoms with Gasteiger partial charge in [-0.1, -0.05) is 18.2 Å². The lowest BCUT2D eigenvalue weighted by Crippen LogP contribution is -2.30. The maximum atomic E-state index is 12.4. The van der Waals surface area contributed by atoms with Crippen LogP contribution in [0, 0.1) is 0 Å². The number of aromatic nitrogens is 2. The topological polar surface area (TPSA) is 77.2 Å². The van der Waals surface area contributed by atoms with Crippen LogP contribution in [-0.4, -0.2) is 22.0 Å². The fraction of sp³-hybridized carbons (Fsp3) is 0.0952. The van der Waals surface area contributed by atoms with Gasteiger partial charge in [0.05, 0.1) is 0 Å². The van der Waals surface area contributed by atoms with Gasteiger partial charge in [-0.25, -0.2) is 4.98 Å². The van der Waals surface area contributed by atoms with E-state index in [-0.39, 0.29) is 5.91 Å². The van der Waals surface area contributed by atoms with Gasteiger partial charge in [-0.05, 0) is 49.4 Å². The van der Waals surface area contributed by atoms with Crippen LogP contribution in [0.4, 0.5) is 5.69 Å². The predicted molar refractivity (Wildman–Crippen MR) is 102 cm³/mol. The van der Waals surface area contributed by atoms with Gasteiger partial charge in [-0.3, -0.25) is 9.78 Å². The Hall–Kier alpha value is -3.67. The minimum atomic E-state index is -0.632. The van der Waals surface area contributed by atoms with E-state index in [0.717, 1.165) is 5.56 Å². The molecule has 1 atom stereocenters. The number of fused-ring (bicyclic) bond motifs is 1. The number of para-hydroxylation sites is 1. The van der Waals surface area contributed by atoms with Gasteiger partial charge in [0.15, 0.2) is 11.7 Å². The highest BCUT2D eigenvalue weighted by atomic mass is 16.5. The standard InChI is InChI=1S/C21H17N3O3/c1-14(26-17-5-3-2-4-6-17)20(25)23-16-7-8-19-18(13-16)24-21(27-19)15-9-11-22-12-10-15/h2-14H,1H3,(H,23,25). The van der Waals surface area contributed by atoms with Gasteiger partial charge in [-0.2, -0.15) is 0 Å². The third-order valence-corrected chi connectivity index (χ3v) is 4.01. The lowest BCUT2D eigenvalue weighted by Gasteiger charge is -2.14. The van der Waals surface area contributed by atoms with Gasteiger partial charge in [0.25, 0.3) is 5.91 Å². The first-order valence-corrected chi connectivity index (χ1v) is 8.52. The molecule has 4 aromatic rings. The first-order chi connectivity index (χ1) is 13.2. The van der Waals surface area contributed by atoms with Crippen LogP contribution in [0.5, 0.6) is 5.75 Å². The molecular formula is C21H17N3O3. The second kappa shape index (κ2) is 7.29. The molecular weight excluding hydrogens is 342 g/mol. The van der Waals surface area contributed by atoms with Crippen molar-refractivity contribution in [2.24, 2.45) is 0 Å². The van der Waals surface area contributed by atoms with Crippen LogP contribution in [0.15, 0.2) is 77.5 Å². The number of amides is 1. The van der Waals surface area contributed by atoms with Gasteiger partial charge >= 0.3 is 0 Å². The molecule has 1 amide bonds. The maximum absolute atomic E-state index is 12.4. The number of nitrogens with zero attached hydrogens (tertiary/aromatic N) is 2. The highest BCUT2D eigenvalue weighted by Crippen LogP contribution is 2.26. The van der Waals surface area contributed by atoms with E-state index in [0.29, 0.717) is 28.4 Å². The molecule has 0 radical (unpaired) electrons. The van der Waals surface area contributed by atoms with Crippen LogP contribution in [0.1, 0.15) is 6.92 Å². The summed E-state index contributed by atoms with van der Waals surface area (Å²) in [6.45, 7) is 1.71. The average molecular weight is 359 g/mol. The highest BCUT2D eigenvalue weighted by molar-refractivity contribution is 5.95. The summed E-state index contributed by atoms with van der Waals surface area (Å²) in [6.07, 6.45) is 2.74. The van der Waals surface area contributed by atoms with E-state index in [1.807, 2.05) is 42.5 Å². The number of rotatable bonds is 5. The number of nitrogens with one attached hydrogen (secondary N) is 1. The third-order valence-electron chi connectivity index (χ3n) is 4.01. The van der Waals surface area contributed by atoms with Gasteiger partial charge in [-0.15, -0.1) is 0 Å². The van der Waals surface area contributed by atoms with Crippen molar-refractivity contribution in [3.8, 4) is 17.2 Å². The molecule has 0 aliphatic carbocycles. The van der Waals surface area contributed by atoms with E-state index in [4.69, 9.17) is 9.15 Å². The minimum absolute atomic E-state index is 0.240. The number of ether oxygens (including phenoxy) is 1. The number of anilines is 1. The Labute approximate surface area is 155 Å². The quantitative estimate of drug-likeness (QED) is 0.575. The number of pyridine rings is 1. The molecule has 2 aromatic carbocycles. The fourth-order valence-corrected chi connectivity index (χ4v) is 2.62. The third kappa shape index (κ3) is 3.79. The zero-order valence-electron chi connectivity index (χ0n) is 14.6. The van der Waals surface area contributed by atoms with E-state index in [1.54, 1.807) is 37.5 Å². The van der Waals surface area contributed by atoms with Crippen molar-refractivity contribution in [1.82, 2.24) is 9.97 Å².